The summed E-state index contributed by atoms with van der Waals surface area (Å²) in [4.78, 5) is 4.26. The van der Waals surface area contributed by atoms with Crippen LogP contribution in [0.2, 0.25) is 0 Å². The van der Waals surface area contributed by atoms with Crippen LogP contribution < -0.4 is 10.1 Å². The topological polar surface area (TPSA) is 52.0 Å². The Labute approximate surface area is 138 Å². The van der Waals surface area contributed by atoms with E-state index in [0.717, 1.165) is 22.6 Å². The fourth-order valence-corrected chi connectivity index (χ4v) is 2.79. The Bertz CT molecular complexity index is 901. The van der Waals surface area contributed by atoms with Crippen molar-refractivity contribution in [3.8, 4) is 5.75 Å². The maximum absolute atomic E-state index is 13.2. The Hall–Kier alpha value is -3.15. The van der Waals surface area contributed by atoms with E-state index in [-0.39, 0.29) is 11.9 Å². The number of aromatic nitrogens is 3. The minimum atomic E-state index is -0.261. The summed E-state index contributed by atoms with van der Waals surface area (Å²) >= 11 is 0. The molecular formula is C18H15FN4O. The maximum atomic E-state index is 13.2. The second-order valence-corrected chi connectivity index (χ2v) is 5.46. The van der Waals surface area contributed by atoms with Gasteiger partial charge in [0.2, 0.25) is 5.95 Å². The minimum absolute atomic E-state index is 0.126. The van der Waals surface area contributed by atoms with Gasteiger partial charge in [-0.05, 0) is 53.6 Å². The lowest BCUT2D eigenvalue weighted by molar-refractivity contribution is 0.413. The number of hydrogen-bond acceptors (Lipinski definition) is 4. The summed E-state index contributed by atoms with van der Waals surface area (Å²) in [5.74, 6) is 1.16. The third-order valence-corrected chi connectivity index (χ3v) is 4.00. The first kappa shape index (κ1) is 14.4. The monoisotopic (exact) mass is 322 g/mol. The Balaban J connectivity index is 1.80. The van der Waals surface area contributed by atoms with Crippen molar-refractivity contribution in [3.05, 3.63) is 77.9 Å². The highest BCUT2D eigenvalue weighted by Crippen LogP contribution is 2.33. The highest BCUT2D eigenvalue weighted by Gasteiger charge is 2.23. The van der Waals surface area contributed by atoms with E-state index in [4.69, 9.17) is 4.74 Å². The van der Waals surface area contributed by atoms with Crippen LogP contribution in [0.4, 0.5) is 10.3 Å². The van der Waals surface area contributed by atoms with Crippen molar-refractivity contribution in [2.24, 2.45) is 0 Å². The molecule has 0 aliphatic carbocycles. The minimum Gasteiger partial charge on any atom is -0.497 e. The molecule has 1 aromatic heterocycles. The number of halogens is 1. The molecule has 3 aromatic rings. The lowest BCUT2D eigenvalue weighted by Crippen LogP contribution is -2.20. The number of benzene rings is 2. The summed E-state index contributed by atoms with van der Waals surface area (Å²) in [6, 6.07) is 14.1. The highest BCUT2D eigenvalue weighted by molar-refractivity contribution is 5.77. The van der Waals surface area contributed by atoms with Gasteiger partial charge in [0.1, 0.15) is 23.9 Å². The number of ether oxygens (including phenoxy) is 1. The summed E-state index contributed by atoms with van der Waals surface area (Å²) in [6.07, 6.45) is 3.56. The lowest BCUT2D eigenvalue weighted by atomic mass is 10.0. The smallest absolute Gasteiger partial charge is 0.226 e. The zero-order chi connectivity index (χ0) is 16.5. The number of anilines is 1. The standard InChI is InChI=1S/C18H15FN4O/c1-24-15-4-2-3-13(9-15)17-10-16(12-5-7-14(19)8-6-12)22-18-20-11-21-23(17)18/h2-11,17H,1H3,(H,20,21,22). The van der Waals surface area contributed by atoms with E-state index in [0.29, 0.717) is 5.95 Å². The number of hydrogen-bond donors (Lipinski definition) is 1. The molecule has 24 heavy (non-hydrogen) atoms. The first-order valence-electron chi connectivity index (χ1n) is 7.53. The Morgan fingerprint density at radius 1 is 1.17 bits per heavy atom. The summed E-state index contributed by atoms with van der Waals surface area (Å²) in [5.41, 5.74) is 2.78. The first-order chi connectivity index (χ1) is 11.7. The summed E-state index contributed by atoms with van der Waals surface area (Å²) in [6.45, 7) is 0. The molecule has 0 saturated heterocycles. The number of rotatable bonds is 3. The predicted octanol–water partition coefficient (Wildman–Crippen LogP) is 3.48. The van der Waals surface area contributed by atoms with Gasteiger partial charge in [-0.25, -0.2) is 9.07 Å². The first-order valence-corrected chi connectivity index (χ1v) is 7.53. The van der Waals surface area contributed by atoms with Gasteiger partial charge in [-0.3, -0.25) is 0 Å². The van der Waals surface area contributed by atoms with Crippen molar-refractivity contribution >= 4 is 11.6 Å². The molecule has 1 atom stereocenters. The molecule has 5 nitrogen and oxygen atoms in total. The quantitative estimate of drug-likeness (QED) is 0.802. The number of allylic oxidation sites excluding steroid dienone is 1. The SMILES string of the molecule is COc1cccc(C2C=C(c3ccc(F)cc3)Nc3ncnn32)c1. The second-order valence-electron chi connectivity index (χ2n) is 5.46. The normalized spacial score (nSPS) is 16.1. The van der Waals surface area contributed by atoms with Gasteiger partial charge in [-0.2, -0.15) is 10.1 Å². The van der Waals surface area contributed by atoms with Crippen LogP contribution in [-0.2, 0) is 0 Å². The van der Waals surface area contributed by atoms with Crippen molar-refractivity contribution in [1.29, 1.82) is 0 Å². The van der Waals surface area contributed by atoms with Crippen LogP contribution in [0.15, 0.2) is 60.9 Å². The molecule has 1 aliphatic rings. The molecule has 0 spiro atoms. The van der Waals surface area contributed by atoms with Gasteiger partial charge in [0.15, 0.2) is 0 Å². The molecule has 120 valence electrons. The fraction of sp³-hybridized carbons (Fsp3) is 0.111. The highest BCUT2D eigenvalue weighted by atomic mass is 19.1. The molecule has 4 rings (SSSR count). The molecule has 2 heterocycles. The van der Waals surface area contributed by atoms with E-state index < -0.39 is 0 Å². The molecule has 2 aromatic carbocycles. The van der Waals surface area contributed by atoms with E-state index in [9.17, 15) is 4.39 Å². The predicted molar refractivity (Wildman–Crippen MR) is 89.2 cm³/mol. The van der Waals surface area contributed by atoms with Crippen LogP contribution in [0.3, 0.4) is 0 Å². The van der Waals surface area contributed by atoms with Gasteiger partial charge in [-0.1, -0.05) is 12.1 Å². The van der Waals surface area contributed by atoms with Gasteiger partial charge < -0.3 is 10.1 Å². The third-order valence-electron chi connectivity index (χ3n) is 4.00. The largest absolute Gasteiger partial charge is 0.497 e. The zero-order valence-electron chi connectivity index (χ0n) is 13.0. The molecule has 0 fully saturated rings. The Kier molecular flexibility index (Phi) is 3.49. The molecule has 0 radical (unpaired) electrons. The summed E-state index contributed by atoms with van der Waals surface area (Å²) < 4.78 is 20.3. The second kappa shape index (κ2) is 5.81. The number of nitrogens with zero attached hydrogens (tertiary/aromatic N) is 3. The van der Waals surface area contributed by atoms with Crippen LogP contribution in [-0.4, -0.2) is 21.9 Å². The van der Waals surface area contributed by atoms with Gasteiger partial charge in [0.25, 0.3) is 0 Å². The van der Waals surface area contributed by atoms with Gasteiger partial charge in [-0.15, -0.1) is 0 Å². The third kappa shape index (κ3) is 2.52. The van der Waals surface area contributed by atoms with Crippen molar-refractivity contribution in [2.75, 3.05) is 12.4 Å². The molecule has 0 bridgehead atoms. The van der Waals surface area contributed by atoms with Crippen LogP contribution in [0.1, 0.15) is 17.2 Å². The van der Waals surface area contributed by atoms with Crippen molar-refractivity contribution in [3.63, 3.8) is 0 Å². The van der Waals surface area contributed by atoms with Crippen LogP contribution >= 0.6 is 0 Å². The van der Waals surface area contributed by atoms with E-state index >= 15 is 0 Å². The fourth-order valence-electron chi connectivity index (χ4n) is 2.79. The Morgan fingerprint density at radius 3 is 2.79 bits per heavy atom. The molecule has 1 aliphatic heterocycles. The van der Waals surface area contributed by atoms with Crippen LogP contribution in [0, 0.1) is 5.82 Å². The van der Waals surface area contributed by atoms with Crippen molar-refractivity contribution in [2.45, 2.75) is 6.04 Å². The lowest BCUT2D eigenvalue weighted by Gasteiger charge is -2.24. The molecular weight excluding hydrogens is 307 g/mol. The van der Waals surface area contributed by atoms with Gasteiger partial charge >= 0.3 is 0 Å². The van der Waals surface area contributed by atoms with E-state index in [1.54, 1.807) is 19.2 Å². The van der Waals surface area contributed by atoms with Crippen LogP contribution in [0.5, 0.6) is 5.75 Å². The summed E-state index contributed by atoms with van der Waals surface area (Å²) in [5, 5.41) is 7.55. The van der Waals surface area contributed by atoms with E-state index in [1.807, 2.05) is 35.0 Å². The maximum Gasteiger partial charge on any atom is 0.226 e. The van der Waals surface area contributed by atoms with Crippen molar-refractivity contribution in [1.82, 2.24) is 14.8 Å². The van der Waals surface area contributed by atoms with Crippen LogP contribution in [0.25, 0.3) is 5.70 Å². The van der Waals surface area contributed by atoms with Gasteiger partial charge in [0, 0.05) is 5.70 Å². The van der Waals surface area contributed by atoms with E-state index in [1.165, 1.54) is 18.5 Å². The number of methoxy groups -OCH3 is 1. The molecule has 1 unspecified atom stereocenters. The molecule has 0 amide bonds. The number of nitrogens with one attached hydrogen (secondary N) is 1. The zero-order valence-corrected chi connectivity index (χ0v) is 13.0. The van der Waals surface area contributed by atoms with Crippen molar-refractivity contribution < 1.29 is 9.13 Å². The average molecular weight is 322 g/mol. The Morgan fingerprint density at radius 2 is 2.00 bits per heavy atom. The molecule has 1 N–H and O–H groups in total. The van der Waals surface area contributed by atoms with Gasteiger partial charge in [0.05, 0.1) is 7.11 Å². The molecule has 0 saturated carbocycles. The van der Waals surface area contributed by atoms with E-state index in [2.05, 4.69) is 15.4 Å². The summed E-state index contributed by atoms with van der Waals surface area (Å²) in [7, 11) is 1.64. The number of fused-ring (bicyclic) bond motifs is 1. The molecule has 6 heteroatoms. The average Bonchev–Trinajstić information content (AvgIpc) is 3.10.